The van der Waals surface area contributed by atoms with E-state index < -0.39 is 0 Å². The molecule has 0 atom stereocenters. The Kier molecular flexibility index (Phi) is 3.15. The van der Waals surface area contributed by atoms with Gasteiger partial charge in [0.05, 0.1) is 0 Å². The van der Waals surface area contributed by atoms with Crippen molar-refractivity contribution in [3.05, 3.63) is 36.0 Å². The summed E-state index contributed by atoms with van der Waals surface area (Å²) in [6.07, 6.45) is 1.96. The summed E-state index contributed by atoms with van der Waals surface area (Å²) < 4.78 is 1.96. The van der Waals surface area contributed by atoms with Crippen molar-refractivity contribution in [2.45, 2.75) is 13.1 Å². The molecule has 0 aliphatic rings. The van der Waals surface area contributed by atoms with Crippen molar-refractivity contribution in [1.82, 2.24) is 9.47 Å². The highest BCUT2D eigenvalue weighted by Crippen LogP contribution is 2.20. The number of fused-ring (bicyclic) bond motifs is 1. The van der Waals surface area contributed by atoms with Gasteiger partial charge in [0.15, 0.2) is 0 Å². The molecule has 2 rings (SSSR count). The van der Waals surface area contributed by atoms with E-state index in [2.05, 4.69) is 0 Å². The molecule has 17 heavy (non-hydrogen) atoms. The Morgan fingerprint density at radius 1 is 1.35 bits per heavy atom. The van der Waals surface area contributed by atoms with Gasteiger partial charge in [-0.3, -0.25) is 4.79 Å². The topological polar surface area (TPSA) is 51.3 Å². The summed E-state index contributed by atoms with van der Waals surface area (Å²) in [5, 5.41) is 1.13. The van der Waals surface area contributed by atoms with E-state index in [0.29, 0.717) is 13.1 Å². The second-order valence-electron chi connectivity index (χ2n) is 4.29. The summed E-state index contributed by atoms with van der Waals surface area (Å²) in [7, 11) is 3.52. The molecular formula is C13H17N3O. The predicted molar refractivity (Wildman–Crippen MR) is 68.5 cm³/mol. The molecule has 0 saturated heterocycles. The molecular weight excluding hydrogens is 214 g/mol. The number of rotatable bonds is 3. The minimum atomic E-state index is 0.0781. The van der Waals surface area contributed by atoms with Crippen molar-refractivity contribution < 1.29 is 4.79 Å². The Morgan fingerprint density at radius 3 is 2.71 bits per heavy atom. The van der Waals surface area contributed by atoms with Crippen LogP contribution in [0.3, 0.4) is 0 Å². The van der Waals surface area contributed by atoms with Crippen LogP contribution in [-0.4, -0.2) is 29.5 Å². The number of carbonyl (C=O) groups excluding carboxylic acids is 1. The molecule has 1 amide bonds. The summed E-state index contributed by atoms with van der Waals surface area (Å²) >= 11 is 0. The van der Waals surface area contributed by atoms with Crippen molar-refractivity contribution in [3.8, 4) is 0 Å². The van der Waals surface area contributed by atoms with Gasteiger partial charge in [0.25, 0.3) is 0 Å². The van der Waals surface area contributed by atoms with Crippen molar-refractivity contribution in [2.75, 3.05) is 14.1 Å². The number of aromatic nitrogens is 1. The first-order valence-electron chi connectivity index (χ1n) is 5.60. The van der Waals surface area contributed by atoms with Crippen molar-refractivity contribution in [3.63, 3.8) is 0 Å². The zero-order valence-electron chi connectivity index (χ0n) is 10.2. The highest BCUT2D eigenvalue weighted by Gasteiger charge is 2.10. The van der Waals surface area contributed by atoms with Crippen LogP contribution in [0.4, 0.5) is 0 Å². The number of para-hydroxylation sites is 1. The molecule has 0 bridgehead atoms. The minimum Gasteiger partial charge on any atom is -0.347 e. The number of amides is 1. The lowest BCUT2D eigenvalue weighted by Crippen LogP contribution is -2.25. The molecule has 0 fully saturated rings. The zero-order valence-corrected chi connectivity index (χ0v) is 10.2. The third-order valence-electron chi connectivity index (χ3n) is 2.90. The first-order chi connectivity index (χ1) is 8.13. The number of nitrogens with zero attached hydrogens (tertiary/aromatic N) is 2. The van der Waals surface area contributed by atoms with E-state index in [0.717, 1.165) is 16.5 Å². The Hall–Kier alpha value is -1.81. The van der Waals surface area contributed by atoms with Crippen LogP contribution < -0.4 is 5.73 Å². The monoisotopic (exact) mass is 231 g/mol. The number of nitrogens with two attached hydrogens (primary N) is 1. The van der Waals surface area contributed by atoms with Crippen LogP contribution in [0, 0.1) is 0 Å². The number of benzene rings is 1. The molecule has 90 valence electrons. The maximum atomic E-state index is 11.7. The summed E-state index contributed by atoms with van der Waals surface area (Å²) in [6, 6.07) is 8.00. The molecule has 0 saturated carbocycles. The number of hydrogen-bond donors (Lipinski definition) is 1. The molecule has 1 heterocycles. The van der Waals surface area contributed by atoms with Crippen molar-refractivity contribution in [2.24, 2.45) is 5.73 Å². The molecule has 1 aromatic carbocycles. The lowest BCUT2D eigenvalue weighted by molar-refractivity contribution is -0.129. The molecule has 4 heteroatoms. The van der Waals surface area contributed by atoms with Gasteiger partial charge in [-0.1, -0.05) is 18.2 Å². The van der Waals surface area contributed by atoms with Gasteiger partial charge in [0.2, 0.25) is 5.91 Å². The van der Waals surface area contributed by atoms with Crippen LogP contribution in [-0.2, 0) is 17.9 Å². The van der Waals surface area contributed by atoms with E-state index >= 15 is 0 Å². The Bertz CT molecular complexity index is 543. The predicted octanol–water partition coefficient (Wildman–Crippen LogP) is 1.19. The third kappa shape index (κ3) is 2.17. The molecule has 0 aliphatic carbocycles. The third-order valence-corrected chi connectivity index (χ3v) is 2.90. The van der Waals surface area contributed by atoms with Crippen LogP contribution in [0.2, 0.25) is 0 Å². The van der Waals surface area contributed by atoms with Crippen LogP contribution in [0.5, 0.6) is 0 Å². The van der Waals surface area contributed by atoms with Crippen LogP contribution in [0.15, 0.2) is 30.5 Å². The smallest absolute Gasteiger partial charge is 0.241 e. The normalized spacial score (nSPS) is 10.8. The molecule has 0 spiro atoms. The summed E-state index contributed by atoms with van der Waals surface area (Å²) in [4.78, 5) is 13.3. The van der Waals surface area contributed by atoms with Crippen molar-refractivity contribution in [1.29, 1.82) is 0 Å². The fourth-order valence-corrected chi connectivity index (χ4v) is 1.90. The first-order valence-corrected chi connectivity index (χ1v) is 5.60. The van der Waals surface area contributed by atoms with E-state index in [9.17, 15) is 4.79 Å². The second-order valence-corrected chi connectivity index (χ2v) is 4.29. The average molecular weight is 231 g/mol. The fraction of sp³-hybridized carbons (Fsp3) is 0.308. The zero-order chi connectivity index (χ0) is 12.4. The Labute approximate surface area is 101 Å². The summed E-state index contributed by atoms with van der Waals surface area (Å²) in [5.41, 5.74) is 7.85. The van der Waals surface area contributed by atoms with E-state index in [1.807, 2.05) is 35.0 Å². The van der Waals surface area contributed by atoms with Gasteiger partial charge < -0.3 is 15.2 Å². The SMILES string of the molecule is CN(C)C(=O)Cn1cc(CN)c2ccccc21. The first kappa shape index (κ1) is 11.7. The van der Waals surface area contributed by atoms with Gasteiger partial charge in [0.1, 0.15) is 6.54 Å². The van der Waals surface area contributed by atoms with Crippen molar-refractivity contribution >= 4 is 16.8 Å². The highest BCUT2D eigenvalue weighted by molar-refractivity contribution is 5.86. The summed E-state index contributed by atoms with van der Waals surface area (Å²) in [6.45, 7) is 0.844. The maximum Gasteiger partial charge on any atom is 0.241 e. The molecule has 0 radical (unpaired) electrons. The molecule has 0 aliphatic heterocycles. The van der Waals surface area contributed by atoms with E-state index in [4.69, 9.17) is 5.73 Å². The number of likely N-dealkylation sites (N-methyl/N-ethyl adjacent to an activating group) is 1. The maximum absolute atomic E-state index is 11.7. The molecule has 0 unspecified atom stereocenters. The van der Waals surface area contributed by atoms with Gasteiger partial charge in [-0.15, -0.1) is 0 Å². The van der Waals surface area contributed by atoms with E-state index in [-0.39, 0.29) is 5.91 Å². The second kappa shape index (κ2) is 4.59. The number of carbonyl (C=O) groups is 1. The lowest BCUT2D eigenvalue weighted by atomic mass is 10.2. The Morgan fingerprint density at radius 2 is 2.06 bits per heavy atom. The number of hydrogen-bond acceptors (Lipinski definition) is 2. The molecule has 4 nitrogen and oxygen atoms in total. The Balaban J connectivity index is 2.44. The average Bonchev–Trinajstić information content (AvgIpc) is 2.68. The van der Waals surface area contributed by atoms with Gasteiger partial charge in [0, 0.05) is 37.7 Å². The van der Waals surface area contributed by atoms with Gasteiger partial charge >= 0.3 is 0 Å². The van der Waals surface area contributed by atoms with E-state index in [1.54, 1.807) is 19.0 Å². The largest absolute Gasteiger partial charge is 0.347 e. The molecule has 1 aromatic heterocycles. The lowest BCUT2D eigenvalue weighted by Gasteiger charge is -2.11. The van der Waals surface area contributed by atoms with Gasteiger partial charge in [-0.2, -0.15) is 0 Å². The fourth-order valence-electron chi connectivity index (χ4n) is 1.90. The molecule has 2 N–H and O–H groups in total. The van der Waals surface area contributed by atoms with Gasteiger partial charge in [-0.25, -0.2) is 0 Å². The molecule has 2 aromatic rings. The summed E-state index contributed by atoms with van der Waals surface area (Å²) in [5.74, 6) is 0.0781. The van der Waals surface area contributed by atoms with Crippen LogP contribution in [0.1, 0.15) is 5.56 Å². The van der Waals surface area contributed by atoms with Crippen LogP contribution >= 0.6 is 0 Å². The van der Waals surface area contributed by atoms with E-state index in [1.165, 1.54) is 0 Å². The van der Waals surface area contributed by atoms with Gasteiger partial charge in [-0.05, 0) is 11.6 Å². The van der Waals surface area contributed by atoms with Crippen LogP contribution in [0.25, 0.3) is 10.9 Å². The highest BCUT2D eigenvalue weighted by atomic mass is 16.2. The quantitative estimate of drug-likeness (QED) is 0.862. The minimum absolute atomic E-state index is 0.0781. The standard InChI is InChI=1S/C13H17N3O/c1-15(2)13(17)9-16-8-10(7-14)11-5-3-4-6-12(11)16/h3-6,8H,7,9,14H2,1-2H3.